The Morgan fingerprint density at radius 1 is 1.33 bits per heavy atom. The van der Waals surface area contributed by atoms with E-state index in [1.165, 1.54) is 6.26 Å². The maximum Gasteiger partial charge on any atom is 0.202 e. The molecule has 2 rings (SSSR count). The van der Waals surface area contributed by atoms with E-state index >= 15 is 0 Å². The van der Waals surface area contributed by atoms with Crippen LogP contribution in [0.5, 0.6) is 0 Å². The largest absolute Gasteiger partial charge is 0.369 e. The number of anilines is 1. The minimum Gasteiger partial charge on any atom is -0.369 e. The third-order valence-corrected chi connectivity index (χ3v) is 3.69. The van der Waals surface area contributed by atoms with Gasteiger partial charge in [-0.2, -0.15) is 0 Å². The number of nitrogen functional groups attached to an aromatic ring is 1. The normalized spacial score (nSPS) is 12.1. The Labute approximate surface area is 106 Å². The van der Waals surface area contributed by atoms with Crippen LogP contribution in [-0.2, 0) is 16.4 Å². The molecule has 0 radical (unpaired) electrons. The molecular weight excluding hydrogens is 252 g/mol. The van der Waals surface area contributed by atoms with Crippen LogP contribution in [0, 0.1) is 6.92 Å². The molecule has 0 aliphatic carbocycles. The van der Waals surface area contributed by atoms with Gasteiger partial charge in [-0.15, -0.1) is 0 Å². The van der Waals surface area contributed by atoms with Gasteiger partial charge in [-0.05, 0) is 25.5 Å². The molecule has 6 nitrogen and oxygen atoms in total. The molecule has 0 bridgehead atoms. The first kappa shape index (κ1) is 12.8. The molecule has 0 atom stereocenters. The molecule has 0 aliphatic rings. The van der Waals surface area contributed by atoms with Crippen molar-refractivity contribution in [3.8, 4) is 0 Å². The Hall–Kier alpha value is -1.63. The van der Waals surface area contributed by atoms with Gasteiger partial charge in [-0.25, -0.2) is 18.4 Å². The van der Waals surface area contributed by atoms with Gasteiger partial charge in [0.2, 0.25) is 5.95 Å². The van der Waals surface area contributed by atoms with E-state index in [1.807, 2.05) is 19.1 Å². The van der Waals surface area contributed by atoms with Gasteiger partial charge in [0.05, 0.1) is 5.75 Å². The zero-order chi connectivity index (χ0) is 13.3. The van der Waals surface area contributed by atoms with Gasteiger partial charge >= 0.3 is 0 Å². The van der Waals surface area contributed by atoms with E-state index in [0.29, 0.717) is 24.6 Å². The van der Waals surface area contributed by atoms with E-state index in [9.17, 15) is 8.42 Å². The first-order chi connectivity index (χ1) is 8.37. The summed E-state index contributed by atoms with van der Waals surface area (Å²) in [5, 5.41) is 0. The molecule has 2 N–H and O–H groups in total. The molecule has 2 aromatic heterocycles. The molecule has 2 heterocycles. The highest BCUT2D eigenvalue weighted by molar-refractivity contribution is 7.90. The predicted molar refractivity (Wildman–Crippen MR) is 71.0 cm³/mol. The molecule has 0 amide bonds. The summed E-state index contributed by atoms with van der Waals surface area (Å²) in [4.78, 5) is 8.58. The van der Waals surface area contributed by atoms with Crippen LogP contribution in [-0.4, -0.2) is 35.0 Å². The molecule has 0 aromatic carbocycles. The Morgan fingerprint density at radius 2 is 2.06 bits per heavy atom. The van der Waals surface area contributed by atoms with Crippen LogP contribution in [0.15, 0.2) is 12.1 Å². The topological polar surface area (TPSA) is 90.9 Å². The fraction of sp³-hybridized carbons (Fsp3) is 0.455. The van der Waals surface area contributed by atoms with Crippen molar-refractivity contribution in [1.29, 1.82) is 0 Å². The third kappa shape index (κ3) is 2.79. The molecule has 2 aromatic rings. The SMILES string of the molecule is Cc1ccc2nc(N)n(CCCS(C)(=O)=O)c2n1. The number of hydrogen-bond acceptors (Lipinski definition) is 5. The molecule has 7 heteroatoms. The Morgan fingerprint density at radius 3 is 2.72 bits per heavy atom. The van der Waals surface area contributed by atoms with E-state index in [4.69, 9.17) is 5.73 Å². The zero-order valence-electron chi connectivity index (χ0n) is 10.4. The maximum absolute atomic E-state index is 11.1. The van der Waals surface area contributed by atoms with Crippen molar-refractivity contribution in [3.05, 3.63) is 17.8 Å². The number of sulfone groups is 1. The van der Waals surface area contributed by atoms with Gasteiger partial charge in [0.15, 0.2) is 5.65 Å². The van der Waals surface area contributed by atoms with Gasteiger partial charge in [-0.1, -0.05) is 0 Å². The van der Waals surface area contributed by atoms with Gasteiger partial charge < -0.3 is 5.73 Å². The van der Waals surface area contributed by atoms with Crippen LogP contribution in [0.3, 0.4) is 0 Å². The van der Waals surface area contributed by atoms with Gasteiger partial charge in [-0.3, -0.25) is 4.57 Å². The van der Waals surface area contributed by atoms with Crippen LogP contribution in [0.2, 0.25) is 0 Å². The van der Waals surface area contributed by atoms with Crippen molar-refractivity contribution in [1.82, 2.24) is 14.5 Å². The second kappa shape index (κ2) is 4.56. The number of nitrogens with two attached hydrogens (primary N) is 1. The zero-order valence-corrected chi connectivity index (χ0v) is 11.2. The van der Waals surface area contributed by atoms with Crippen molar-refractivity contribution in [2.75, 3.05) is 17.7 Å². The summed E-state index contributed by atoms with van der Waals surface area (Å²) in [6.07, 6.45) is 1.73. The molecule has 18 heavy (non-hydrogen) atoms. The number of hydrogen-bond donors (Lipinski definition) is 1. The van der Waals surface area contributed by atoms with Gasteiger partial charge in [0.1, 0.15) is 15.4 Å². The summed E-state index contributed by atoms with van der Waals surface area (Å²) in [6.45, 7) is 2.40. The molecule has 0 aliphatic heterocycles. The molecular formula is C11H16N4O2S. The minimum atomic E-state index is -2.95. The number of fused-ring (bicyclic) bond motifs is 1. The number of aromatic nitrogens is 3. The van der Waals surface area contributed by atoms with E-state index in [1.54, 1.807) is 4.57 Å². The van der Waals surface area contributed by atoms with E-state index < -0.39 is 9.84 Å². The monoisotopic (exact) mass is 268 g/mol. The standard InChI is InChI=1S/C11H16N4O2S/c1-8-4-5-9-10(13-8)15(11(12)14-9)6-3-7-18(2,16)17/h4-5H,3,6-7H2,1-2H3,(H2,12,14). The maximum atomic E-state index is 11.1. The number of rotatable bonds is 4. The van der Waals surface area contributed by atoms with Crippen molar-refractivity contribution in [2.45, 2.75) is 19.9 Å². The third-order valence-electron chi connectivity index (χ3n) is 2.66. The minimum absolute atomic E-state index is 0.137. The number of pyridine rings is 1. The average Bonchev–Trinajstić information content (AvgIpc) is 2.54. The van der Waals surface area contributed by atoms with Gasteiger partial charge in [0, 0.05) is 18.5 Å². The number of aryl methyl sites for hydroxylation is 2. The lowest BCUT2D eigenvalue weighted by Gasteiger charge is -2.05. The predicted octanol–water partition coefficient (Wildman–Crippen LogP) is 0.757. The Balaban J connectivity index is 2.27. The van der Waals surface area contributed by atoms with Crippen molar-refractivity contribution in [2.24, 2.45) is 0 Å². The Kier molecular flexibility index (Phi) is 3.25. The first-order valence-corrected chi connectivity index (χ1v) is 7.70. The highest BCUT2D eigenvalue weighted by Crippen LogP contribution is 2.16. The molecule has 0 saturated heterocycles. The second-order valence-electron chi connectivity index (χ2n) is 4.40. The fourth-order valence-electron chi connectivity index (χ4n) is 1.82. The van der Waals surface area contributed by atoms with Crippen molar-refractivity contribution < 1.29 is 8.42 Å². The molecule has 0 spiro atoms. The number of imidazole rings is 1. The average molecular weight is 268 g/mol. The quantitative estimate of drug-likeness (QED) is 0.883. The lowest BCUT2D eigenvalue weighted by molar-refractivity contribution is 0.593. The van der Waals surface area contributed by atoms with Crippen LogP contribution < -0.4 is 5.73 Å². The summed E-state index contributed by atoms with van der Waals surface area (Å²) < 4.78 is 23.9. The molecule has 0 fully saturated rings. The highest BCUT2D eigenvalue weighted by atomic mass is 32.2. The smallest absolute Gasteiger partial charge is 0.202 e. The van der Waals surface area contributed by atoms with Crippen LogP contribution in [0.4, 0.5) is 5.95 Å². The van der Waals surface area contributed by atoms with E-state index in [-0.39, 0.29) is 5.75 Å². The van der Waals surface area contributed by atoms with Gasteiger partial charge in [0.25, 0.3) is 0 Å². The van der Waals surface area contributed by atoms with E-state index in [2.05, 4.69) is 9.97 Å². The molecule has 98 valence electrons. The lowest BCUT2D eigenvalue weighted by Crippen LogP contribution is -2.10. The summed E-state index contributed by atoms with van der Waals surface area (Å²) in [6, 6.07) is 3.73. The molecule has 0 unspecified atom stereocenters. The summed E-state index contributed by atoms with van der Waals surface area (Å²) in [7, 11) is -2.95. The van der Waals surface area contributed by atoms with Crippen LogP contribution in [0.25, 0.3) is 11.2 Å². The van der Waals surface area contributed by atoms with E-state index in [0.717, 1.165) is 11.2 Å². The fourth-order valence-corrected chi connectivity index (χ4v) is 2.47. The first-order valence-electron chi connectivity index (χ1n) is 5.64. The lowest BCUT2D eigenvalue weighted by atomic mass is 10.3. The van der Waals surface area contributed by atoms with Crippen LogP contribution in [0.1, 0.15) is 12.1 Å². The van der Waals surface area contributed by atoms with Crippen molar-refractivity contribution >= 4 is 26.9 Å². The Bertz CT molecular complexity index is 676. The molecule has 0 saturated carbocycles. The summed E-state index contributed by atoms with van der Waals surface area (Å²) in [5.41, 5.74) is 8.14. The number of nitrogens with zero attached hydrogens (tertiary/aromatic N) is 3. The summed E-state index contributed by atoms with van der Waals surface area (Å²) in [5.74, 6) is 0.509. The van der Waals surface area contributed by atoms with Crippen LogP contribution >= 0.6 is 0 Å². The summed E-state index contributed by atoms with van der Waals surface area (Å²) >= 11 is 0. The highest BCUT2D eigenvalue weighted by Gasteiger charge is 2.10. The van der Waals surface area contributed by atoms with Crippen molar-refractivity contribution in [3.63, 3.8) is 0 Å². The second-order valence-corrected chi connectivity index (χ2v) is 6.66.